The predicted octanol–water partition coefficient (Wildman–Crippen LogP) is 1.58. The van der Waals surface area contributed by atoms with E-state index in [1.807, 2.05) is 18.2 Å². The number of aromatic nitrogens is 2. The Kier molecular flexibility index (Phi) is 5.73. The van der Waals surface area contributed by atoms with Crippen molar-refractivity contribution >= 4 is 23.1 Å². The first-order valence-corrected chi connectivity index (χ1v) is 10.2. The van der Waals surface area contributed by atoms with E-state index in [-0.39, 0.29) is 11.7 Å². The molecule has 7 heteroatoms. The van der Waals surface area contributed by atoms with Crippen LogP contribution in [0.2, 0.25) is 0 Å². The molecular formula is C21H28N5O2. The van der Waals surface area contributed by atoms with Gasteiger partial charge >= 0.3 is 0 Å². The number of benzene rings is 1. The molecular weight excluding hydrogens is 354 g/mol. The minimum absolute atomic E-state index is 0.213. The number of carbonyl (C=O) groups excluding carboxylic acids is 2. The van der Waals surface area contributed by atoms with E-state index in [1.165, 1.54) is 6.42 Å². The summed E-state index contributed by atoms with van der Waals surface area (Å²) in [5.74, 6) is 0.383. The van der Waals surface area contributed by atoms with Crippen LogP contribution in [-0.2, 0) is 11.2 Å². The third kappa shape index (κ3) is 3.82. The molecule has 2 aliphatic heterocycles. The number of fused-ring (bicyclic) bond motifs is 1. The number of rotatable bonds is 6. The number of nitrogens with two attached hydrogens (primary N) is 1. The van der Waals surface area contributed by atoms with Crippen LogP contribution in [0.15, 0.2) is 18.2 Å². The van der Waals surface area contributed by atoms with Gasteiger partial charge in [0.05, 0.1) is 11.4 Å². The number of aromatic amines is 1. The van der Waals surface area contributed by atoms with Gasteiger partial charge in [0.2, 0.25) is 0 Å². The summed E-state index contributed by atoms with van der Waals surface area (Å²) >= 11 is 0. The maximum atomic E-state index is 12.1. The number of primary amides is 1. The fourth-order valence-corrected chi connectivity index (χ4v) is 4.76. The van der Waals surface area contributed by atoms with Gasteiger partial charge in [-0.05, 0) is 69.4 Å². The molecule has 0 saturated carbocycles. The molecule has 1 amide bonds. The van der Waals surface area contributed by atoms with Crippen LogP contribution in [0.4, 0.5) is 0 Å². The quantitative estimate of drug-likeness (QED) is 0.658. The van der Waals surface area contributed by atoms with Gasteiger partial charge < -0.3 is 15.8 Å². The maximum Gasteiger partial charge on any atom is 0.269 e. The maximum absolute atomic E-state index is 12.1. The van der Waals surface area contributed by atoms with Crippen LogP contribution < -0.4 is 11.1 Å². The van der Waals surface area contributed by atoms with Crippen LogP contribution in [0.5, 0.6) is 0 Å². The molecule has 1 aromatic heterocycles. The van der Waals surface area contributed by atoms with E-state index in [9.17, 15) is 9.59 Å². The number of piperidine rings is 2. The van der Waals surface area contributed by atoms with Crippen molar-refractivity contribution in [2.24, 2.45) is 5.73 Å². The Morgan fingerprint density at radius 1 is 1.25 bits per heavy atom. The Balaban J connectivity index is 1.56. The zero-order valence-electron chi connectivity index (χ0n) is 16.1. The lowest BCUT2D eigenvalue weighted by Gasteiger charge is -2.44. The average Bonchev–Trinajstić information content (AvgIpc) is 3.16. The van der Waals surface area contributed by atoms with Gasteiger partial charge in [-0.15, -0.1) is 0 Å². The second-order valence-corrected chi connectivity index (χ2v) is 7.92. The summed E-state index contributed by atoms with van der Waals surface area (Å²) in [6, 6.07) is 6.59. The standard InChI is InChI=1S/C21H28N5O2/c22-21(28)20-17-12-14(4-5-18(17)24-25-20)11-15(13-27)19-3-1-2-10-26(19)16-6-8-23-9-7-16/h4-5,12-13,16,19,23H,1-3,6-11H2,(H2,22,28)(H,24,25). The van der Waals surface area contributed by atoms with Crippen molar-refractivity contribution in [2.75, 3.05) is 19.6 Å². The van der Waals surface area contributed by atoms with Crippen LogP contribution >= 0.6 is 0 Å². The fraction of sp³-hybridized carbons (Fsp3) is 0.524. The lowest BCUT2D eigenvalue weighted by molar-refractivity contribution is -0.107. The highest BCUT2D eigenvalue weighted by Crippen LogP contribution is 2.31. The smallest absolute Gasteiger partial charge is 0.269 e. The van der Waals surface area contributed by atoms with Crippen LogP contribution in [0.1, 0.15) is 48.2 Å². The molecule has 0 bridgehead atoms. The molecule has 149 valence electrons. The molecule has 2 aromatic rings. The van der Waals surface area contributed by atoms with Crippen molar-refractivity contribution in [2.45, 2.75) is 50.6 Å². The summed E-state index contributed by atoms with van der Waals surface area (Å²) in [4.78, 5) is 26.2. The van der Waals surface area contributed by atoms with Gasteiger partial charge in [-0.1, -0.05) is 12.5 Å². The molecule has 0 spiro atoms. The highest BCUT2D eigenvalue weighted by molar-refractivity contribution is 6.04. The second kappa shape index (κ2) is 8.41. The largest absolute Gasteiger partial charge is 0.364 e. The van der Waals surface area contributed by atoms with E-state index in [2.05, 4.69) is 20.4 Å². The van der Waals surface area contributed by atoms with Gasteiger partial charge in [0.15, 0.2) is 5.69 Å². The zero-order valence-corrected chi connectivity index (χ0v) is 16.1. The zero-order chi connectivity index (χ0) is 19.5. The molecule has 7 nitrogen and oxygen atoms in total. The van der Waals surface area contributed by atoms with Crippen molar-refractivity contribution < 1.29 is 9.59 Å². The Labute approximate surface area is 165 Å². The fourth-order valence-electron chi connectivity index (χ4n) is 4.76. The highest BCUT2D eigenvalue weighted by Gasteiger charge is 2.35. The number of aldehydes is 1. The minimum Gasteiger partial charge on any atom is -0.364 e. The molecule has 1 radical (unpaired) electrons. The number of nitrogens with zero attached hydrogens (tertiary/aromatic N) is 2. The Morgan fingerprint density at radius 2 is 2.07 bits per heavy atom. The van der Waals surface area contributed by atoms with Crippen LogP contribution in [-0.4, -0.2) is 59.0 Å². The van der Waals surface area contributed by atoms with Crippen molar-refractivity contribution in [1.29, 1.82) is 0 Å². The Bertz CT molecular complexity index is 842. The summed E-state index contributed by atoms with van der Waals surface area (Å²) in [5, 5.41) is 11.0. The predicted molar refractivity (Wildman–Crippen MR) is 108 cm³/mol. The molecule has 2 aliphatic rings. The third-order valence-electron chi connectivity index (χ3n) is 6.17. The summed E-state index contributed by atoms with van der Waals surface area (Å²) in [6.07, 6.45) is 7.34. The number of likely N-dealkylation sites (tertiary alicyclic amines) is 1. The first kappa shape index (κ1) is 19.1. The van der Waals surface area contributed by atoms with Gasteiger partial charge in [0, 0.05) is 17.5 Å². The number of H-pyrrole nitrogens is 1. The van der Waals surface area contributed by atoms with Gasteiger partial charge in [0.25, 0.3) is 5.91 Å². The monoisotopic (exact) mass is 382 g/mol. The summed E-state index contributed by atoms with van der Waals surface area (Å²) in [7, 11) is 0. The van der Waals surface area contributed by atoms with E-state index in [0.717, 1.165) is 68.6 Å². The summed E-state index contributed by atoms with van der Waals surface area (Å²) in [6.45, 7) is 3.17. The number of amides is 1. The number of hydrogen-bond acceptors (Lipinski definition) is 5. The first-order valence-electron chi connectivity index (χ1n) is 10.2. The number of carbonyl (C=O) groups is 2. The van der Waals surface area contributed by atoms with Gasteiger partial charge in [0.1, 0.15) is 6.29 Å². The second-order valence-electron chi connectivity index (χ2n) is 7.92. The van der Waals surface area contributed by atoms with Crippen LogP contribution in [0.3, 0.4) is 0 Å². The highest BCUT2D eigenvalue weighted by atomic mass is 16.1. The molecule has 28 heavy (non-hydrogen) atoms. The Morgan fingerprint density at radius 3 is 2.82 bits per heavy atom. The lowest BCUT2D eigenvalue weighted by Crippen LogP contribution is -2.52. The van der Waals surface area contributed by atoms with E-state index in [1.54, 1.807) is 0 Å². The van der Waals surface area contributed by atoms with Crippen LogP contribution in [0, 0.1) is 5.92 Å². The molecule has 4 N–H and O–H groups in total. The first-order chi connectivity index (χ1) is 13.7. The topological polar surface area (TPSA) is 104 Å². The van der Waals surface area contributed by atoms with Crippen molar-refractivity contribution in [3.05, 3.63) is 35.4 Å². The summed E-state index contributed by atoms with van der Waals surface area (Å²) < 4.78 is 0. The molecule has 3 heterocycles. The number of hydrogen-bond donors (Lipinski definition) is 3. The average molecular weight is 382 g/mol. The molecule has 2 saturated heterocycles. The van der Waals surface area contributed by atoms with E-state index in [4.69, 9.17) is 5.73 Å². The third-order valence-corrected chi connectivity index (χ3v) is 6.17. The van der Waals surface area contributed by atoms with Crippen molar-refractivity contribution in [3.63, 3.8) is 0 Å². The minimum atomic E-state index is -0.549. The van der Waals surface area contributed by atoms with Crippen LogP contribution in [0.25, 0.3) is 10.9 Å². The van der Waals surface area contributed by atoms with Crippen molar-refractivity contribution in [3.8, 4) is 0 Å². The molecule has 1 aromatic carbocycles. The van der Waals surface area contributed by atoms with Crippen molar-refractivity contribution in [1.82, 2.24) is 20.4 Å². The molecule has 2 fully saturated rings. The SMILES string of the molecule is NC(=O)c1n[nH]c2ccc(C[C](C=O)C3CCCCN3C3CCNCC3)cc12. The van der Waals surface area contributed by atoms with E-state index < -0.39 is 5.91 Å². The van der Waals surface area contributed by atoms with Gasteiger partial charge in [-0.2, -0.15) is 5.10 Å². The van der Waals surface area contributed by atoms with Gasteiger partial charge in [-0.25, -0.2) is 0 Å². The number of nitrogens with one attached hydrogen (secondary N) is 2. The molecule has 1 atom stereocenters. The normalized spacial score (nSPS) is 22.0. The molecule has 1 unspecified atom stereocenters. The molecule has 0 aliphatic carbocycles. The van der Waals surface area contributed by atoms with E-state index in [0.29, 0.717) is 17.8 Å². The Hall–Kier alpha value is -2.25. The van der Waals surface area contributed by atoms with Gasteiger partial charge in [-0.3, -0.25) is 14.8 Å². The summed E-state index contributed by atoms with van der Waals surface area (Å²) in [5.41, 5.74) is 7.46. The molecule has 4 rings (SSSR count). The lowest BCUT2D eigenvalue weighted by atomic mass is 9.84. The van der Waals surface area contributed by atoms with E-state index >= 15 is 0 Å².